The molecule has 0 N–H and O–H groups in total. The Morgan fingerprint density at radius 3 is 2.53 bits per heavy atom. The van der Waals surface area contributed by atoms with E-state index in [1.54, 1.807) is 6.07 Å². The minimum Gasteiger partial charge on any atom is -0.207 e. The molecule has 0 heterocycles. The average molecular weight is 314 g/mol. The Morgan fingerprint density at radius 2 is 2.00 bits per heavy atom. The van der Waals surface area contributed by atoms with Crippen LogP contribution in [0, 0.1) is 22.7 Å². The number of hydrogen-bond acceptors (Lipinski definition) is 4. The summed E-state index contributed by atoms with van der Waals surface area (Å²) < 4.78 is 25.4. The lowest BCUT2D eigenvalue weighted by atomic mass is 10.2. The van der Waals surface area contributed by atoms with Crippen molar-refractivity contribution in [3.05, 3.63) is 28.2 Å². The van der Waals surface area contributed by atoms with Gasteiger partial charge in [-0.25, -0.2) is 8.42 Å². The normalized spacial score (nSPS) is 10.9. The van der Waals surface area contributed by atoms with Gasteiger partial charge in [-0.05, 0) is 18.2 Å². The molecule has 0 amide bonds. The highest BCUT2D eigenvalue weighted by Crippen LogP contribution is 2.21. The van der Waals surface area contributed by atoms with E-state index in [0.717, 1.165) is 4.31 Å². The Labute approximate surface area is 108 Å². The fourth-order valence-corrected chi connectivity index (χ4v) is 2.92. The van der Waals surface area contributed by atoms with Crippen LogP contribution >= 0.6 is 15.9 Å². The van der Waals surface area contributed by atoms with Crippen LogP contribution in [0.15, 0.2) is 27.6 Å². The first-order valence-corrected chi connectivity index (χ1v) is 6.69. The summed E-state index contributed by atoms with van der Waals surface area (Å²) in [5, 5.41) is 17.2. The zero-order valence-corrected chi connectivity index (χ0v) is 11.3. The Balaban J connectivity index is 3.31. The SMILES string of the molecule is CN(CC#N)S(=O)(=O)c1cc(Br)cc(C#N)c1. The van der Waals surface area contributed by atoms with Crippen molar-refractivity contribution in [2.45, 2.75) is 4.90 Å². The van der Waals surface area contributed by atoms with Gasteiger partial charge in [0.25, 0.3) is 0 Å². The third-order valence-corrected chi connectivity index (χ3v) is 4.24. The van der Waals surface area contributed by atoms with Crippen molar-refractivity contribution in [2.24, 2.45) is 0 Å². The lowest BCUT2D eigenvalue weighted by Gasteiger charge is -2.13. The minimum atomic E-state index is -3.73. The Kier molecular flexibility index (Phi) is 4.24. The molecule has 88 valence electrons. The molecule has 0 spiro atoms. The monoisotopic (exact) mass is 313 g/mol. The van der Waals surface area contributed by atoms with Gasteiger partial charge in [0.15, 0.2) is 0 Å². The molecule has 1 aromatic carbocycles. The summed E-state index contributed by atoms with van der Waals surface area (Å²) in [7, 11) is -2.42. The molecule has 0 radical (unpaired) electrons. The standard InChI is InChI=1S/C10H8BrN3O2S/c1-14(3-2-12)17(15,16)10-5-8(7-13)4-9(11)6-10/h4-6H,3H2,1H3. The van der Waals surface area contributed by atoms with E-state index in [1.165, 1.54) is 25.2 Å². The van der Waals surface area contributed by atoms with Gasteiger partial charge in [-0.2, -0.15) is 14.8 Å². The van der Waals surface area contributed by atoms with E-state index in [4.69, 9.17) is 10.5 Å². The van der Waals surface area contributed by atoms with E-state index >= 15 is 0 Å². The van der Waals surface area contributed by atoms with Crippen molar-refractivity contribution in [2.75, 3.05) is 13.6 Å². The first kappa shape index (κ1) is 13.7. The maximum Gasteiger partial charge on any atom is 0.243 e. The van der Waals surface area contributed by atoms with E-state index in [-0.39, 0.29) is 17.0 Å². The molecule has 0 atom stereocenters. The lowest BCUT2D eigenvalue weighted by molar-refractivity contribution is 0.501. The molecule has 0 aliphatic heterocycles. The second kappa shape index (κ2) is 5.28. The van der Waals surface area contributed by atoms with E-state index in [1.807, 2.05) is 6.07 Å². The number of nitrogens with zero attached hydrogens (tertiary/aromatic N) is 3. The third-order valence-electron chi connectivity index (χ3n) is 2.00. The number of benzene rings is 1. The Morgan fingerprint density at radius 1 is 1.35 bits per heavy atom. The zero-order valence-electron chi connectivity index (χ0n) is 8.88. The van der Waals surface area contributed by atoms with Gasteiger partial charge in [0.2, 0.25) is 10.0 Å². The summed E-state index contributed by atoms with van der Waals surface area (Å²) in [6, 6.07) is 7.81. The maximum absolute atomic E-state index is 12.0. The highest BCUT2D eigenvalue weighted by Gasteiger charge is 2.21. The molecular formula is C10H8BrN3O2S. The van der Waals surface area contributed by atoms with E-state index in [2.05, 4.69) is 15.9 Å². The predicted octanol–water partition coefficient (Wildman–Crippen LogP) is 1.46. The second-order valence-corrected chi connectivity index (χ2v) is 6.17. The number of nitriles is 2. The van der Waals surface area contributed by atoms with Crippen LogP contribution in [0.2, 0.25) is 0 Å². The summed E-state index contributed by atoms with van der Waals surface area (Å²) >= 11 is 3.14. The third kappa shape index (κ3) is 3.04. The molecule has 0 saturated carbocycles. The highest BCUT2D eigenvalue weighted by atomic mass is 79.9. The first-order chi connectivity index (χ1) is 7.91. The molecule has 1 aromatic rings. The van der Waals surface area contributed by atoms with Crippen molar-refractivity contribution in [3.8, 4) is 12.1 Å². The van der Waals surface area contributed by atoms with Crippen molar-refractivity contribution in [1.29, 1.82) is 10.5 Å². The minimum absolute atomic E-state index is 0.0128. The van der Waals surface area contributed by atoms with Gasteiger partial charge in [-0.1, -0.05) is 15.9 Å². The Hall–Kier alpha value is -1.41. The van der Waals surface area contributed by atoms with Crippen molar-refractivity contribution >= 4 is 26.0 Å². The number of hydrogen-bond donors (Lipinski definition) is 0. The van der Waals surface area contributed by atoms with Crippen LogP contribution in [0.3, 0.4) is 0 Å². The van der Waals surface area contributed by atoms with Crippen LogP contribution in [0.25, 0.3) is 0 Å². The van der Waals surface area contributed by atoms with Crippen LogP contribution < -0.4 is 0 Å². The molecule has 7 heteroatoms. The van der Waals surface area contributed by atoms with Crippen LogP contribution in [0.1, 0.15) is 5.56 Å². The smallest absolute Gasteiger partial charge is 0.207 e. The molecule has 0 unspecified atom stereocenters. The number of halogens is 1. The molecule has 0 fully saturated rings. The fourth-order valence-electron chi connectivity index (χ4n) is 1.14. The van der Waals surface area contributed by atoms with Crippen molar-refractivity contribution < 1.29 is 8.42 Å². The number of sulfonamides is 1. The van der Waals surface area contributed by atoms with Crippen molar-refractivity contribution in [1.82, 2.24) is 4.31 Å². The lowest BCUT2D eigenvalue weighted by Crippen LogP contribution is -2.27. The van der Waals surface area contributed by atoms with Crippen molar-refractivity contribution in [3.63, 3.8) is 0 Å². The largest absolute Gasteiger partial charge is 0.243 e. The summed E-state index contributed by atoms with van der Waals surface area (Å²) in [5.41, 5.74) is 0.239. The van der Waals surface area contributed by atoms with E-state index in [9.17, 15) is 8.42 Å². The van der Waals surface area contributed by atoms with Crippen LogP contribution in [0.4, 0.5) is 0 Å². The summed E-state index contributed by atoms with van der Waals surface area (Å²) in [6.45, 7) is -0.239. The summed E-state index contributed by atoms with van der Waals surface area (Å²) in [5.74, 6) is 0. The van der Waals surface area contributed by atoms with Gasteiger partial charge >= 0.3 is 0 Å². The second-order valence-electron chi connectivity index (χ2n) is 3.21. The van der Waals surface area contributed by atoms with E-state index < -0.39 is 10.0 Å². The summed E-state index contributed by atoms with van der Waals surface area (Å²) in [6.07, 6.45) is 0. The van der Waals surface area contributed by atoms with Crippen LogP contribution in [-0.2, 0) is 10.0 Å². The Bertz CT molecular complexity index is 613. The van der Waals surface area contributed by atoms with Gasteiger partial charge in [-0.15, -0.1) is 0 Å². The van der Waals surface area contributed by atoms with Crippen LogP contribution in [0.5, 0.6) is 0 Å². The topological polar surface area (TPSA) is 85.0 Å². The van der Waals surface area contributed by atoms with Gasteiger partial charge in [-0.3, -0.25) is 0 Å². The maximum atomic E-state index is 12.0. The van der Waals surface area contributed by atoms with Gasteiger partial charge in [0.05, 0.1) is 22.6 Å². The van der Waals surface area contributed by atoms with Gasteiger partial charge in [0.1, 0.15) is 6.54 Å². The van der Waals surface area contributed by atoms with E-state index in [0.29, 0.717) is 4.47 Å². The molecule has 0 aromatic heterocycles. The molecule has 17 heavy (non-hydrogen) atoms. The van der Waals surface area contributed by atoms with Gasteiger partial charge < -0.3 is 0 Å². The molecule has 0 saturated heterocycles. The first-order valence-electron chi connectivity index (χ1n) is 4.46. The zero-order chi connectivity index (χ0) is 13.1. The molecule has 1 rings (SSSR count). The highest BCUT2D eigenvalue weighted by molar-refractivity contribution is 9.10. The fraction of sp³-hybridized carbons (Fsp3) is 0.200. The molecule has 0 aliphatic rings. The quantitative estimate of drug-likeness (QED) is 0.791. The summed E-state index contributed by atoms with van der Waals surface area (Å²) in [4.78, 5) is -0.0128. The molecule has 0 bridgehead atoms. The molecular weight excluding hydrogens is 306 g/mol. The number of rotatable bonds is 3. The molecule has 0 aliphatic carbocycles. The predicted molar refractivity (Wildman–Crippen MR) is 64.3 cm³/mol. The average Bonchev–Trinajstić information content (AvgIpc) is 2.28. The van der Waals surface area contributed by atoms with Gasteiger partial charge in [0, 0.05) is 11.5 Å². The molecule has 5 nitrogen and oxygen atoms in total. The van der Waals surface area contributed by atoms with Crippen LogP contribution in [-0.4, -0.2) is 26.3 Å².